The Morgan fingerprint density at radius 3 is 2.82 bits per heavy atom. The Morgan fingerprint density at radius 1 is 1.18 bits per heavy atom. The van der Waals surface area contributed by atoms with Gasteiger partial charge in [0.15, 0.2) is 5.82 Å². The normalized spacial score (nSPS) is 19.9. The molecule has 6 bridgehead atoms. The minimum absolute atomic E-state index is 0.0114. The van der Waals surface area contributed by atoms with E-state index in [1.807, 2.05) is 14.1 Å². The molecule has 4 aliphatic rings. The van der Waals surface area contributed by atoms with Gasteiger partial charge in [0, 0.05) is 39.9 Å². The number of rotatable bonds is 5. The first-order chi connectivity index (χ1) is 21.7. The first-order valence-electron chi connectivity index (χ1n) is 15.0. The third-order valence-corrected chi connectivity index (χ3v) is 8.93. The molecule has 1 N–H and O–H groups in total. The molecule has 0 amide bonds. The second-order valence-electron chi connectivity index (χ2n) is 12.3. The minimum Gasteiger partial charge on any atom is -0.463 e. The Morgan fingerprint density at radius 2 is 2.02 bits per heavy atom. The van der Waals surface area contributed by atoms with E-state index >= 15 is 8.78 Å². The van der Waals surface area contributed by atoms with Crippen molar-refractivity contribution in [3.05, 3.63) is 40.6 Å². The van der Waals surface area contributed by atoms with Gasteiger partial charge in [0.2, 0.25) is 0 Å². The van der Waals surface area contributed by atoms with Crippen LogP contribution in [-0.4, -0.2) is 97.5 Å². The number of aromatic amines is 1. The average Bonchev–Trinajstić information content (AvgIpc) is 3.66. The number of ether oxygens (including phenoxy) is 4. The number of H-pyrrole nitrogens is 1. The topological polar surface area (TPSA) is 115 Å². The van der Waals surface area contributed by atoms with Crippen LogP contribution < -0.4 is 9.64 Å². The lowest BCUT2D eigenvalue weighted by atomic mass is 9.92. The summed E-state index contributed by atoms with van der Waals surface area (Å²) in [5.74, 6) is -1.42. The summed E-state index contributed by atoms with van der Waals surface area (Å²) in [5.41, 5.74) is 0.846. The zero-order chi connectivity index (χ0) is 31.3. The molecule has 3 aliphatic heterocycles. The van der Waals surface area contributed by atoms with E-state index in [0.29, 0.717) is 41.1 Å². The predicted octanol–water partition coefficient (Wildman–Crippen LogP) is 5.13. The second kappa shape index (κ2) is 11.8. The molecular formula is C31H33ClF2N6O5. The number of benzene rings is 2. The summed E-state index contributed by atoms with van der Waals surface area (Å²) in [6.45, 7) is 2.07. The van der Waals surface area contributed by atoms with Crippen LogP contribution in [0.4, 0.5) is 19.4 Å². The number of nitrogens with one attached hydrogen (secondary N) is 1. The quantitative estimate of drug-likeness (QED) is 0.294. The predicted molar refractivity (Wildman–Crippen MR) is 163 cm³/mol. The third-order valence-electron chi connectivity index (χ3n) is 8.59. The van der Waals surface area contributed by atoms with Crippen molar-refractivity contribution >= 4 is 45.4 Å². The summed E-state index contributed by atoms with van der Waals surface area (Å²) < 4.78 is 56.1. The molecule has 1 atom stereocenters. The van der Waals surface area contributed by atoms with E-state index in [4.69, 9.17) is 30.5 Å². The number of fused-ring (bicyclic) bond motifs is 7. The lowest BCUT2D eigenvalue weighted by Gasteiger charge is -2.26. The van der Waals surface area contributed by atoms with Gasteiger partial charge in [-0.3, -0.25) is 5.10 Å². The van der Waals surface area contributed by atoms with Crippen molar-refractivity contribution in [2.75, 3.05) is 65.1 Å². The van der Waals surface area contributed by atoms with Crippen LogP contribution in [0.15, 0.2) is 18.3 Å². The fraction of sp³-hybridized carbons (Fsp3) is 0.484. The van der Waals surface area contributed by atoms with Gasteiger partial charge in [0.1, 0.15) is 23.3 Å². The monoisotopic (exact) mass is 642 g/mol. The van der Waals surface area contributed by atoms with Gasteiger partial charge in [0.25, 0.3) is 0 Å². The number of aromatic nitrogens is 4. The number of hydrogen-bond donors (Lipinski definition) is 1. The Bertz CT molecular complexity index is 1780. The van der Waals surface area contributed by atoms with Crippen LogP contribution in [0.3, 0.4) is 0 Å². The highest BCUT2D eigenvalue weighted by atomic mass is 35.5. The maximum atomic E-state index is 17.0. The smallest absolute Gasteiger partial charge is 0.463 e. The molecule has 238 valence electrons. The molecule has 0 spiro atoms. The van der Waals surface area contributed by atoms with E-state index in [-0.39, 0.29) is 72.1 Å². The Kier molecular flexibility index (Phi) is 7.86. The van der Waals surface area contributed by atoms with Crippen molar-refractivity contribution in [3.63, 3.8) is 0 Å². The molecule has 0 unspecified atom stereocenters. The Hall–Kier alpha value is -3.81. The SMILES string of the molecule is CN(C)CC1(COc2nc3c4cc(F)c(c(F)c4n2)-c2c(c(Cl)cc4[nH]ncc24)CCCOC(=O)O[C@@H]2COCCN3C2)CC1. The van der Waals surface area contributed by atoms with Crippen molar-refractivity contribution in [2.24, 2.45) is 5.41 Å². The summed E-state index contributed by atoms with van der Waals surface area (Å²) in [5, 5.41) is 7.89. The van der Waals surface area contributed by atoms with E-state index in [0.717, 1.165) is 19.4 Å². The van der Waals surface area contributed by atoms with Gasteiger partial charge in [-0.05, 0) is 57.5 Å². The van der Waals surface area contributed by atoms with Crippen molar-refractivity contribution in [1.29, 1.82) is 0 Å². The molecule has 1 saturated heterocycles. The first kappa shape index (κ1) is 29.9. The maximum Gasteiger partial charge on any atom is 0.508 e. The summed E-state index contributed by atoms with van der Waals surface area (Å²) in [7, 11) is 4.01. The molecule has 2 aromatic carbocycles. The minimum atomic E-state index is -0.865. The molecule has 2 fully saturated rings. The van der Waals surface area contributed by atoms with Crippen LogP contribution in [0, 0.1) is 17.0 Å². The molecule has 11 nitrogen and oxygen atoms in total. The molecule has 4 aromatic rings. The van der Waals surface area contributed by atoms with Crippen LogP contribution in [-0.2, 0) is 20.6 Å². The highest BCUT2D eigenvalue weighted by molar-refractivity contribution is 6.33. The maximum absolute atomic E-state index is 17.0. The van der Waals surface area contributed by atoms with Gasteiger partial charge in [-0.25, -0.2) is 13.6 Å². The highest BCUT2D eigenvalue weighted by Crippen LogP contribution is 2.47. The van der Waals surface area contributed by atoms with E-state index in [1.54, 1.807) is 11.0 Å². The molecule has 8 rings (SSSR count). The van der Waals surface area contributed by atoms with Gasteiger partial charge in [-0.15, -0.1) is 0 Å². The molecule has 1 saturated carbocycles. The number of carbonyl (C=O) groups excluding carboxylic acids is 1. The summed E-state index contributed by atoms with van der Waals surface area (Å²) in [6.07, 6.45) is 2.54. The van der Waals surface area contributed by atoms with Crippen molar-refractivity contribution in [1.82, 2.24) is 25.1 Å². The van der Waals surface area contributed by atoms with Crippen LogP contribution in [0.5, 0.6) is 6.01 Å². The van der Waals surface area contributed by atoms with Gasteiger partial charge >= 0.3 is 12.2 Å². The zero-order valence-corrected chi connectivity index (χ0v) is 25.8. The van der Waals surface area contributed by atoms with Gasteiger partial charge in [-0.2, -0.15) is 15.1 Å². The van der Waals surface area contributed by atoms with E-state index in [2.05, 4.69) is 25.1 Å². The number of halogens is 3. The van der Waals surface area contributed by atoms with Gasteiger partial charge < -0.3 is 28.7 Å². The first-order valence-corrected chi connectivity index (χ1v) is 15.4. The largest absolute Gasteiger partial charge is 0.508 e. The van der Waals surface area contributed by atoms with E-state index < -0.39 is 23.9 Å². The summed E-state index contributed by atoms with van der Waals surface area (Å²) >= 11 is 6.70. The number of carbonyl (C=O) groups is 1. The van der Waals surface area contributed by atoms with Crippen LogP contribution in [0.2, 0.25) is 5.02 Å². The molecule has 1 aliphatic carbocycles. The molecule has 45 heavy (non-hydrogen) atoms. The second-order valence-corrected chi connectivity index (χ2v) is 12.7. The molecule has 5 heterocycles. The van der Waals surface area contributed by atoms with Gasteiger partial charge in [-0.1, -0.05) is 11.6 Å². The average molecular weight is 643 g/mol. The molecule has 14 heteroatoms. The van der Waals surface area contributed by atoms with Crippen molar-refractivity contribution < 1.29 is 32.5 Å². The molecule has 0 radical (unpaired) electrons. The fourth-order valence-corrected chi connectivity index (χ4v) is 6.65. The van der Waals surface area contributed by atoms with Crippen molar-refractivity contribution in [2.45, 2.75) is 31.8 Å². The molecular weight excluding hydrogens is 610 g/mol. The molecule has 2 aromatic heterocycles. The van der Waals surface area contributed by atoms with E-state index in [1.165, 1.54) is 12.3 Å². The van der Waals surface area contributed by atoms with Crippen LogP contribution >= 0.6 is 11.6 Å². The fourth-order valence-electron chi connectivity index (χ4n) is 6.36. The van der Waals surface area contributed by atoms with Gasteiger partial charge in [0.05, 0.1) is 50.2 Å². The lowest BCUT2D eigenvalue weighted by Crippen LogP contribution is -2.36. The number of nitrogens with zero attached hydrogens (tertiary/aromatic N) is 5. The Labute approximate surface area is 262 Å². The zero-order valence-electron chi connectivity index (χ0n) is 25.0. The lowest BCUT2D eigenvalue weighted by molar-refractivity contribution is -0.00448. The summed E-state index contributed by atoms with van der Waals surface area (Å²) in [4.78, 5) is 25.7. The van der Waals surface area contributed by atoms with Crippen LogP contribution in [0.1, 0.15) is 24.8 Å². The van der Waals surface area contributed by atoms with E-state index in [9.17, 15) is 4.79 Å². The van der Waals surface area contributed by atoms with Crippen LogP contribution in [0.25, 0.3) is 32.9 Å². The Balaban J connectivity index is 1.44. The standard InChI is InChI=1S/C31H33ClF2N6O5/c1-39(2)15-31(5-6-31)16-44-29-36-27-19-10-22(33)25(26(27)34)24-18(21(32)11-23-20(24)12-35-38-23)4-3-8-43-30(41)45-17-13-40(28(19)37-29)7-9-42-14-17/h10-12,17H,3-9,13-16H2,1-2H3,(H,35,38)/t17-/m0/s1. The number of anilines is 1. The summed E-state index contributed by atoms with van der Waals surface area (Å²) in [6, 6.07) is 2.89. The van der Waals surface area contributed by atoms with Crippen molar-refractivity contribution in [3.8, 4) is 17.1 Å². The highest BCUT2D eigenvalue weighted by Gasteiger charge is 2.44. The number of hydrogen-bond acceptors (Lipinski definition) is 10. The third kappa shape index (κ3) is 5.84.